The summed E-state index contributed by atoms with van der Waals surface area (Å²) in [5, 5.41) is 8.16. The molecule has 0 atom stereocenters. The minimum absolute atomic E-state index is 0.0684. The molecular weight excluding hydrogens is 462 g/mol. The first kappa shape index (κ1) is 25.6. The predicted molar refractivity (Wildman–Crippen MR) is 137 cm³/mol. The molecule has 1 saturated heterocycles. The van der Waals surface area contributed by atoms with Gasteiger partial charge in [0.15, 0.2) is 5.78 Å². The first-order chi connectivity index (χ1) is 17.2. The van der Waals surface area contributed by atoms with Gasteiger partial charge in [0.05, 0.1) is 30.5 Å². The van der Waals surface area contributed by atoms with Gasteiger partial charge in [-0.15, -0.1) is 5.06 Å². The molecule has 2 aromatic heterocycles. The fraction of sp³-hybridized carbons (Fsp3) is 0.560. The second kappa shape index (κ2) is 11.1. The Balaban J connectivity index is 1.33. The lowest BCUT2D eigenvalue weighted by Crippen LogP contribution is -2.47. The van der Waals surface area contributed by atoms with Crippen LogP contribution >= 0.6 is 0 Å². The van der Waals surface area contributed by atoms with E-state index in [-0.39, 0.29) is 5.78 Å². The van der Waals surface area contributed by atoms with Crippen molar-refractivity contribution in [3.63, 3.8) is 0 Å². The van der Waals surface area contributed by atoms with Crippen LogP contribution in [0.4, 0.5) is 28.1 Å². The molecule has 11 nitrogen and oxygen atoms in total. The highest BCUT2D eigenvalue weighted by Crippen LogP contribution is 2.25. The van der Waals surface area contributed by atoms with E-state index in [0.29, 0.717) is 55.4 Å². The first-order valence-electron chi connectivity index (χ1n) is 12.4. The zero-order valence-corrected chi connectivity index (χ0v) is 21.4. The summed E-state index contributed by atoms with van der Waals surface area (Å²) in [6, 6.07) is 4.17. The van der Waals surface area contributed by atoms with Crippen LogP contribution in [0.15, 0.2) is 24.5 Å². The maximum Gasteiger partial charge on any atom is 0.528 e. The number of rotatable bonds is 7. The number of carbonyl (C=O) groups is 2. The van der Waals surface area contributed by atoms with Crippen molar-refractivity contribution in [2.45, 2.75) is 65.0 Å². The van der Waals surface area contributed by atoms with E-state index in [1.54, 1.807) is 38.2 Å². The largest absolute Gasteiger partial charge is 0.528 e. The maximum absolute atomic E-state index is 12.0. The smallest absolute Gasteiger partial charge is 0.427 e. The summed E-state index contributed by atoms with van der Waals surface area (Å²) in [4.78, 5) is 44.7. The molecule has 1 saturated carbocycles. The van der Waals surface area contributed by atoms with Gasteiger partial charge in [-0.2, -0.15) is 4.98 Å². The number of nitrogens with zero attached hydrogens (tertiary/aromatic N) is 5. The van der Waals surface area contributed by atoms with Crippen LogP contribution in [0.5, 0.6) is 0 Å². The summed E-state index contributed by atoms with van der Waals surface area (Å²) < 4.78 is 5.21. The number of hydroxylamine groups is 2. The highest BCUT2D eigenvalue weighted by Gasteiger charge is 2.24. The Morgan fingerprint density at radius 3 is 2.36 bits per heavy atom. The van der Waals surface area contributed by atoms with E-state index in [0.717, 1.165) is 18.5 Å². The van der Waals surface area contributed by atoms with E-state index in [1.807, 2.05) is 12.1 Å². The fourth-order valence-corrected chi connectivity index (χ4v) is 4.25. The highest BCUT2D eigenvalue weighted by molar-refractivity contribution is 5.98. The van der Waals surface area contributed by atoms with Crippen LogP contribution in [-0.2, 0) is 9.57 Å². The molecular formula is C25H35N7O4. The van der Waals surface area contributed by atoms with Crippen LogP contribution in [0.1, 0.15) is 63.7 Å². The van der Waals surface area contributed by atoms with Gasteiger partial charge in [-0.25, -0.2) is 14.8 Å². The van der Waals surface area contributed by atoms with E-state index in [9.17, 15) is 9.59 Å². The average Bonchev–Trinajstić information content (AvgIpc) is 3.32. The number of ketones is 1. The number of hydrogen-bond acceptors (Lipinski definition) is 11. The second-order valence-electron chi connectivity index (χ2n) is 10.1. The minimum atomic E-state index is -0.687. The van der Waals surface area contributed by atoms with Gasteiger partial charge >= 0.3 is 6.16 Å². The summed E-state index contributed by atoms with van der Waals surface area (Å²) >= 11 is 0. The molecule has 2 aliphatic rings. The van der Waals surface area contributed by atoms with Crippen molar-refractivity contribution in [3.8, 4) is 0 Å². The van der Waals surface area contributed by atoms with Crippen molar-refractivity contribution in [2.75, 3.05) is 41.7 Å². The van der Waals surface area contributed by atoms with Crippen molar-refractivity contribution in [3.05, 3.63) is 30.1 Å². The van der Waals surface area contributed by atoms with Gasteiger partial charge in [-0.3, -0.25) is 4.79 Å². The number of ether oxygens (including phenoxy) is 1. The summed E-state index contributed by atoms with van der Waals surface area (Å²) in [5.74, 6) is 1.48. The molecule has 1 aliphatic carbocycles. The number of pyridine rings is 1. The van der Waals surface area contributed by atoms with E-state index in [2.05, 4.69) is 30.5 Å². The van der Waals surface area contributed by atoms with Gasteiger partial charge in [0, 0.05) is 25.3 Å². The Hall–Kier alpha value is -3.47. The van der Waals surface area contributed by atoms with Crippen molar-refractivity contribution in [2.24, 2.45) is 0 Å². The fourth-order valence-electron chi connectivity index (χ4n) is 4.25. The Morgan fingerprint density at radius 2 is 1.75 bits per heavy atom. The third kappa shape index (κ3) is 7.03. The molecule has 0 spiro atoms. The van der Waals surface area contributed by atoms with Crippen LogP contribution < -0.4 is 15.5 Å². The van der Waals surface area contributed by atoms with E-state index in [4.69, 9.17) is 9.57 Å². The molecule has 194 valence electrons. The van der Waals surface area contributed by atoms with Gasteiger partial charge in [0.2, 0.25) is 5.95 Å². The third-order valence-electron chi connectivity index (χ3n) is 6.05. The molecule has 0 aromatic carbocycles. The van der Waals surface area contributed by atoms with Gasteiger partial charge in [-0.05, 0) is 52.7 Å². The normalized spacial score (nSPS) is 17.1. The summed E-state index contributed by atoms with van der Waals surface area (Å²) in [7, 11) is 0. The SMILES string of the molecule is CC(=O)c1cnc(Nc2ccc(N3CCN(OC(=O)OC(C)(C)C)CC3)cn2)nc1NC1CCCC1. The zero-order valence-electron chi connectivity index (χ0n) is 21.4. The molecule has 0 bridgehead atoms. The zero-order chi connectivity index (χ0) is 25.7. The van der Waals surface area contributed by atoms with E-state index in [1.165, 1.54) is 19.8 Å². The van der Waals surface area contributed by atoms with Crippen LogP contribution in [0, 0.1) is 0 Å². The van der Waals surface area contributed by atoms with Crippen molar-refractivity contribution in [1.82, 2.24) is 20.0 Å². The van der Waals surface area contributed by atoms with Crippen molar-refractivity contribution >= 4 is 35.2 Å². The lowest BCUT2D eigenvalue weighted by Gasteiger charge is -2.34. The number of anilines is 4. The number of piperazine rings is 1. The highest BCUT2D eigenvalue weighted by atomic mass is 16.8. The maximum atomic E-state index is 12.0. The lowest BCUT2D eigenvalue weighted by molar-refractivity contribution is -0.144. The molecule has 3 heterocycles. The van der Waals surface area contributed by atoms with Gasteiger partial charge in [-0.1, -0.05) is 12.8 Å². The average molecular weight is 498 g/mol. The molecule has 0 radical (unpaired) electrons. The molecule has 4 rings (SSSR count). The molecule has 11 heteroatoms. The first-order valence-corrected chi connectivity index (χ1v) is 12.4. The summed E-state index contributed by atoms with van der Waals surface area (Å²) in [6.45, 7) is 9.42. The molecule has 0 unspecified atom stereocenters. The van der Waals surface area contributed by atoms with Crippen LogP contribution in [0.3, 0.4) is 0 Å². The molecule has 2 aromatic rings. The Kier molecular flexibility index (Phi) is 7.88. The number of carbonyl (C=O) groups excluding carboxylic acids is 2. The van der Waals surface area contributed by atoms with Crippen LogP contribution in [-0.4, -0.2) is 69.8 Å². The minimum Gasteiger partial charge on any atom is -0.427 e. The molecule has 0 amide bonds. The molecule has 36 heavy (non-hydrogen) atoms. The van der Waals surface area contributed by atoms with Gasteiger partial charge in [0.25, 0.3) is 0 Å². The van der Waals surface area contributed by atoms with Crippen molar-refractivity contribution in [1.29, 1.82) is 0 Å². The standard InChI is InChI=1S/C25H35N7O4/c1-17(33)20-16-27-23(30-22(20)28-18-7-5-6-8-18)29-21-10-9-19(15-26-21)31-11-13-32(14-12-31)36-24(34)35-25(2,3)4/h9-10,15-16,18H,5-8,11-14H2,1-4H3,(H2,26,27,28,29,30). The predicted octanol–water partition coefficient (Wildman–Crippen LogP) is 4.16. The number of Topliss-reactive ketones (excluding diaryl/α,β-unsaturated/α-hetero) is 1. The summed E-state index contributed by atoms with van der Waals surface area (Å²) in [5.41, 5.74) is 0.869. The quantitative estimate of drug-likeness (QED) is 0.423. The Bertz CT molecular complexity index is 1060. The van der Waals surface area contributed by atoms with Gasteiger partial charge in [0.1, 0.15) is 17.2 Å². The monoisotopic (exact) mass is 497 g/mol. The van der Waals surface area contributed by atoms with E-state index >= 15 is 0 Å². The van der Waals surface area contributed by atoms with E-state index < -0.39 is 11.8 Å². The van der Waals surface area contributed by atoms with Crippen LogP contribution in [0.25, 0.3) is 0 Å². The lowest BCUT2D eigenvalue weighted by atomic mass is 10.2. The summed E-state index contributed by atoms with van der Waals surface area (Å²) in [6.07, 6.45) is 7.18. The third-order valence-corrected chi connectivity index (χ3v) is 6.05. The topological polar surface area (TPSA) is 122 Å². The number of nitrogens with one attached hydrogen (secondary N) is 2. The Morgan fingerprint density at radius 1 is 1.03 bits per heavy atom. The second-order valence-corrected chi connectivity index (χ2v) is 10.1. The molecule has 2 N–H and O–H groups in total. The van der Waals surface area contributed by atoms with Gasteiger partial charge < -0.3 is 25.1 Å². The number of hydrogen-bond donors (Lipinski definition) is 2. The molecule has 2 fully saturated rings. The van der Waals surface area contributed by atoms with Crippen LogP contribution in [0.2, 0.25) is 0 Å². The number of aromatic nitrogens is 3. The molecule has 1 aliphatic heterocycles. The van der Waals surface area contributed by atoms with Crippen molar-refractivity contribution < 1.29 is 19.2 Å². The Labute approximate surface area is 211 Å².